The number of carboxylic acids is 2. The Balaban J connectivity index is 0. The first-order valence-corrected chi connectivity index (χ1v) is 3.90. The minimum atomic E-state index is -0.982. The standard InChI is InChI=1S/C5H9NO2.C3H7NO2/c1-2-3-4(6)5(7)8;1-2(4)3(5)6/h2,4H,1,3,6H2,(H,7,8);2H,4H2,1H3,(H,5,6)/t;2-/m.0/s1. The molecule has 0 fully saturated rings. The Hall–Kier alpha value is -1.40. The maximum atomic E-state index is 9.92. The lowest BCUT2D eigenvalue weighted by atomic mass is 10.2. The Kier molecular flexibility index (Phi) is 8.85. The second-order valence-electron chi connectivity index (χ2n) is 2.60. The fourth-order valence-electron chi connectivity index (χ4n) is 0.280. The Morgan fingerprint density at radius 2 is 1.71 bits per heavy atom. The van der Waals surface area contributed by atoms with E-state index in [1.165, 1.54) is 13.0 Å². The van der Waals surface area contributed by atoms with Gasteiger partial charge in [-0.15, -0.1) is 6.58 Å². The summed E-state index contributed by atoms with van der Waals surface area (Å²) in [6.45, 7) is 4.76. The van der Waals surface area contributed by atoms with Crippen LogP contribution in [0.15, 0.2) is 12.7 Å². The Labute approximate surface area is 82.2 Å². The molecule has 1 unspecified atom stereocenters. The smallest absolute Gasteiger partial charge is 0.320 e. The molecule has 0 spiro atoms. The second kappa shape index (κ2) is 8.21. The first-order chi connectivity index (χ1) is 6.32. The number of hydrogen-bond donors (Lipinski definition) is 4. The molecule has 0 aromatic rings. The van der Waals surface area contributed by atoms with Crippen LogP contribution >= 0.6 is 0 Å². The van der Waals surface area contributed by atoms with Crippen LogP contribution in [0.2, 0.25) is 0 Å². The zero-order chi connectivity index (χ0) is 11.7. The van der Waals surface area contributed by atoms with E-state index >= 15 is 0 Å². The maximum absolute atomic E-state index is 9.92. The van der Waals surface area contributed by atoms with Gasteiger partial charge in [0.2, 0.25) is 0 Å². The fourth-order valence-corrected chi connectivity index (χ4v) is 0.280. The molecule has 6 N–H and O–H groups in total. The Morgan fingerprint density at radius 1 is 1.36 bits per heavy atom. The van der Waals surface area contributed by atoms with E-state index in [1.54, 1.807) is 0 Å². The highest BCUT2D eigenvalue weighted by molar-refractivity contribution is 5.73. The predicted octanol–water partition coefficient (Wildman–Crippen LogP) is -0.607. The number of hydrogen-bond acceptors (Lipinski definition) is 4. The van der Waals surface area contributed by atoms with Crippen molar-refractivity contribution in [2.45, 2.75) is 25.4 Å². The average molecular weight is 204 g/mol. The molecule has 0 aliphatic heterocycles. The van der Waals surface area contributed by atoms with E-state index in [-0.39, 0.29) is 0 Å². The first-order valence-electron chi connectivity index (χ1n) is 3.90. The van der Waals surface area contributed by atoms with Gasteiger partial charge in [-0.2, -0.15) is 0 Å². The third-order valence-electron chi connectivity index (χ3n) is 1.13. The summed E-state index contributed by atoms with van der Waals surface area (Å²) in [4.78, 5) is 19.5. The molecule has 0 aromatic heterocycles. The maximum Gasteiger partial charge on any atom is 0.320 e. The van der Waals surface area contributed by atoms with Gasteiger partial charge in [0, 0.05) is 0 Å². The van der Waals surface area contributed by atoms with Gasteiger partial charge in [-0.05, 0) is 13.3 Å². The molecule has 0 bridgehead atoms. The van der Waals surface area contributed by atoms with Gasteiger partial charge in [0.05, 0.1) is 0 Å². The molecule has 6 heteroatoms. The molecule has 0 heterocycles. The van der Waals surface area contributed by atoms with Crippen LogP contribution in [0.25, 0.3) is 0 Å². The van der Waals surface area contributed by atoms with Gasteiger partial charge in [-0.1, -0.05) is 6.08 Å². The van der Waals surface area contributed by atoms with Crippen LogP contribution in [0.1, 0.15) is 13.3 Å². The zero-order valence-electron chi connectivity index (χ0n) is 8.01. The summed E-state index contributed by atoms with van der Waals surface area (Å²) in [5.74, 6) is -1.94. The molecule has 6 nitrogen and oxygen atoms in total. The molecule has 0 aliphatic rings. The van der Waals surface area contributed by atoms with Gasteiger partial charge in [-0.25, -0.2) is 0 Å². The minimum Gasteiger partial charge on any atom is -0.480 e. The normalized spacial score (nSPS) is 13.1. The molecule has 82 valence electrons. The predicted molar refractivity (Wildman–Crippen MR) is 51.7 cm³/mol. The molecule has 0 amide bonds. The van der Waals surface area contributed by atoms with Crippen molar-refractivity contribution in [2.75, 3.05) is 0 Å². The Bertz CT molecular complexity index is 204. The van der Waals surface area contributed by atoms with E-state index in [0.29, 0.717) is 6.42 Å². The van der Waals surface area contributed by atoms with Crippen molar-refractivity contribution in [3.8, 4) is 0 Å². The number of carboxylic acid groups (broad SMARTS) is 2. The minimum absolute atomic E-state index is 0.329. The largest absolute Gasteiger partial charge is 0.480 e. The average Bonchev–Trinajstić information content (AvgIpc) is 2.05. The quantitative estimate of drug-likeness (QED) is 0.452. The highest BCUT2D eigenvalue weighted by Crippen LogP contribution is 1.86. The fraction of sp³-hybridized carbons (Fsp3) is 0.500. The van der Waals surface area contributed by atoms with Crippen molar-refractivity contribution < 1.29 is 19.8 Å². The van der Waals surface area contributed by atoms with Gasteiger partial charge < -0.3 is 21.7 Å². The number of aliphatic carboxylic acids is 2. The Morgan fingerprint density at radius 3 is 1.79 bits per heavy atom. The monoisotopic (exact) mass is 204 g/mol. The molecule has 0 aliphatic carbocycles. The summed E-state index contributed by atoms with van der Waals surface area (Å²) in [6, 6.07) is -1.52. The highest BCUT2D eigenvalue weighted by Gasteiger charge is 2.06. The van der Waals surface area contributed by atoms with Gasteiger partial charge >= 0.3 is 11.9 Å². The number of nitrogens with two attached hydrogens (primary N) is 2. The first kappa shape index (κ1) is 15.1. The number of carbonyl (C=O) groups is 2. The SMILES string of the molecule is C=CCC(N)C(=O)O.C[C@H](N)C(=O)O. The molecule has 0 radical (unpaired) electrons. The van der Waals surface area contributed by atoms with E-state index in [1.807, 2.05) is 0 Å². The lowest BCUT2D eigenvalue weighted by Gasteiger charge is -1.98. The van der Waals surface area contributed by atoms with Crippen molar-refractivity contribution in [3.05, 3.63) is 12.7 Å². The van der Waals surface area contributed by atoms with Crippen LogP contribution < -0.4 is 11.5 Å². The number of rotatable bonds is 4. The van der Waals surface area contributed by atoms with E-state index in [2.05, 4.69) is 6.58 Å². The lowest BCUT2D eigenvalue weighted by Crippen LogP contribution is -2.28. The van der Waals surface area contributed by atoms with Crippen LogP contribution in [0.5, 0.6) is 0 Å². The molecular formula is C8H16N2O4. The van der Waals surface area contributed by atoms with Crippen LogP contribution in [-0.4, -0.2) is 34.2 Å². The van der Waals surface area contributed by atoms with E-state index in [4.69, 9.17) is 21.7 Å². The zero-order valence-corrected chi connectivity index (χ0v) is 8.01. The van der Waals surface area contributed by atoms with Crippen molar-refractivity contribution >= 4 is 11.9 Å². The molecule has 14 heavy (non-hydrogen) atoms. The van der Waals surface area contributed by atoms with Crippen molar-refractivity contribution in [1.29, 1.82) is 0 Å². The van der Waals surface area contributed by atoms with Crippen molar-refractivity contribution in [3.63, 3.8) is 0 Å². The molecule has 0 saturated carbocycles. The van der Waals surface area contributed by atoms with Crippen LogP contribution in [-0.2, 0) is 9.59 Å². The van der Waals surface area contributed by atoms with Gasteiger partial charge in [0.25, 0.3) is 0 Å². The molecule has 0 saturated heterocycles. The summed E-state index contributed by atoms with van der Waals surface area (Å²) in [6.07, 6.45) is 1.81. The highest BCUT2D eigenvalue weighted by atomic mass is 16.4. The van der Waals surface area contributed by atoms with Crippen LogP contribution in [0, 0.1) is 0 Å². The third kappa shape index (κ3) is 10.6. The molecule has 0 rings (SSSR count). The van der Waals surface area contributed by atoms with Crippen molar-refractivity contribution in [1.82, 2.24) is 0 Å². The van der Waals surface area contributed by atoms with Crippen LogP contribution in [0.3, 0.4) is 0 Å². The van der Waals surface area contributed by atoms with E-state index in [0.717, 1.165) is 0 Å². The van der Waals surface area contributed by atoms with Gasteiger partial charge in [0.1, 0.15) is 12.1 Å². The van der Waals surface area contributed by atoms with E-state index < -0.39 is 24.0 Å². The molecule has 2 atom stereocenters. The van der Waals surface area contributed by atoms with Gasteiger partial charge in [-0.3, -0.25) is 9.59 Å². The van der Waals surface area contributed by atoms with Crippen LogP contribution in [0.4, 0.5) is 0 Å². The summed E-state index contributed by atoms with van der Waals surface area (Å²) in [5.41, 5.74) is 9.89. The topological polar surface area (TPSA) is 127 Å². The van der Waals surface area contributed by atoms with E-state index in [9.17, 15) is 9.59 Å². The third-order valence-corrected chi connectivity index (χ3v) is 1.13. The second-order valence-corrected chi connectivity index (χ2v) is 2.60. The molecular weight excluding hydrogens is 188 g/mol. The summed E-state index contributed by atoms with van der Waals surface area (Å²) < 4.78 is 0. The summed E-state index contributed by atoms with van der Waals surface area (Å²) >= 11 is 0. The lowest BCUT2D eigenvalue weighted by molar-refractivity contribution is -0.139. The van der Waals surface area contributed by atoms with Crippen molar-refractivity contribution in [2.24, 2.45) is 11.5 Å². The van der Waals surface area contributed by atoms with Gasteiger partial charge in [0.15, 0.2) is 0 Å². The summed E-state index contributed by atoms with van der Waals surface area (Å²) in [7, 11) is 0. The summed E-state index contributed by atoms with van der Waals surface area (Å²) in [5, 5.41) is 16.0. The molecule has 0 aromatic carbocycles.